The number of aryl methyl sites for hydroxylation is 2. The molecule has 2 aromatic heterocycles. The lowest BCUT2D eigenvalue weighted by molar-refractivity contribution is 0.0698. The van der Waals surface area contributed by atoms with Gasteiger partial charge in [0.05, 0.1) is 22.6 Å². The number of carbonyl (C=O) groups is 1. The molecule has 2 saturated heterocycles. The maximum atomic E-state index is 11.8. The molecule has 2 aliphatic heterocycles. The van der Waals surface area contributed by atoms with E-state index >= 15 is 0 Å². The number of piperidine rings is 1. The van der Waals surface area contributed by atoms with Crippen LogP contribution in [0.1, 0.15) is 77.4 Å². The first-order chi connectivity index (χ1) is 18.8. The third-order valence-electron chi connectivity index (χ3n) is 8.28. The van der Waals surface area contributed by atoms with E-state index in [0.717, 1.165) is 42.3 Å². The Bertz CT molecular complexity index is 1610. The van der Waals surface area contributed by atoms with Gasteiger partial charge in [-0.3, -0.25) is 4.68 Å². The topological polar surface area (TPSA) is 120 Å². The third kappa shape index (κ3) is 4.36. The van der Waals surface area contributed by atoms with Gasteiger partial charge >= 0.3 is 5.97 Å². The van der Waals surface area contributed by atoms with Gasteiger partial charge in [-0.15, -0.1) is 0 Å². The number of anilines is 2. The minimum absolute atomic E-state index is 0.215. The molecule has 9 nitrogen and oxygen atoms in total. The summed E-state index contributed by atoms with van der Waals surface area (Å²) < 4.78 is 1.97. The van der Waals surface area contributed by atoms with Crippen molar-refractivity contribution < 1.29 is 9.90 Å². The van der Waals surface area contributed by atoms with E-state index in [4.69, 9.17) is 9.97 Å². The van der Waals surface area contributed by atoms with Crippen molar-refractivity contribution >= 4 is 28.5 Å². The number of nitrogens with zero attached hydrogens (tertiary/aromatic N) is 6. The molecule has 6 rings (SSSR count). The number of carboxylic acid groups (broad SMARTS) is 1. The van der Waals surface area contributed by atoms with Crippen LogP contribution in [0.3, 0.4) is 0 Å². The number of nitrogens with one attached hydrogen (secondary N) is 1. The largest absolute Gasteiger partial charge is 0.478 e. The van der Waals surface area contributed by atoms with Crippen LogP contribution >= 0.6 is 0 Å². The van der Waals surface area contributed by atoms with Crippen LogP contribution in [0.2, 0.25) is 0 Å². The van der Waals surface area contributed by atoms with E-state index in [2.05, 4.69) is 33.5 Å². The normalized spacial score (nSPS) is 21.1. The highest BCUT2D eigenvalue weighted by Crippen LogP contribution is 2.45. The van der Waals surface area contributed by atoms with E-state index < -0.39 is 5.97 Å². The second kappa shape index (κ2) is 9.70. The summed E-state index contributed by atoms with van der Waals surface area (Å²) in [4.78, 5) is 24.1. The smallest absolute Gasteiger partial charge is 0.337 e. The molecule has 0 spiro atoms. The minimum Gasteiger partial charge on any atom is -0.478 e. The van der Waals surface area contributed by atoms with Crippen LogP contribution in [0.15, 0.2) is 48.7 Å². The van der Waals surface area contributed by atoms with Gasteiger partial charge in [-0.05, 0) is 69.4 Å². The lowest BCUT2D eigenvalue weighted by atomic mass is 9.88. The van der Waals surface area contributed by atoms with Gasteiger partial charge in [0.15, 0.2) is 11.5 Å². The molecular weight excluding hydrogens is 490 g/mol. The first-order valence-electron chi connectivity index (χ1n) is 13.4. The van der Waals surface area contributed by atoms with Gasteiger partial charge in [0, 0.05) is 48.2 Å². The molecule has 2 aromatic carbocycles. The summed E-state index contributed by atoms with van der Waals surface area (Å²) >= 11 is 0. The molecule has 4 aromatic rings. The SMILES string of the molecule is Cc1cc([C@@H](C)Nc2ccccc2C(=O)O)c2nc(N3C4CCC3CC(c3ccnn3C)C4)c(C#N)nc2c1. The number of benzene rings is 2. The van der Waals surface area contributed by atoms with Crippen LogP contribution in [0.4, 0.5) is 11.5 Å². The highest BCUT2D eigenvalue weighted by atomic mass is 16.4. The molecule has 2 bridgehead atoms. The number of rotatable bonds is 6. The highest BCUT2D eigenvalue weighted by Gasteiger charge is 2.43. The van der Waals surface area contributed by atoms with Crippen molar-refractivity contribution in [3.05, 3.63) is 76.7 Å². The molecule has 0 radical (unpaired) electrons. The summed E-state index contributed by atoms with van der Waals surface area (Å²) in [6.45, 7) is 3.99. The first-order valence-corrected chi connectivity index (χ1v) is 13.4. The Balaban J connectivity index is 1.39. The number of para-hydroxylation sites is 1. The average molecular weight is 522 g/mol. The molecule has 2 fully saturated rings. The number of fused-ring (bicyclic) bond motifs is 3. The Morgan fingerprint density at radius 1 is 1.15 bits per heavy atom. The third-order valence-corrected chi connectivity index (χ3v) is 8.28. The van der Waals surface area contributed by atoms with Gasteiger partial charge in [-0.25, -0.2) is 14.8 Å². The van der Waals surface area contributed by atoms with Crippen LogP contribution in [0, 0.1) is 18.3 Å². The zero-order valence-electron chi connectivity index (χ0n) is 22.3. The van der Waals surface area contributed by atoms with Crippen molar-refractivity contribution in [2.45, 2.75) is 63.6 Å². The lowest BCUT2D eigenvalue weighted by Gasteiger charge is -2.40. The standard InChI is InChI=1S/C30H31N7O2/c1-17-12-23(18(2)33-24-7-5-4-6-22(24)30(38)39)28-25(13-17)34-26(16-31)29(35-28)37-20-8-9-21(37)15-19(14-20)27-10-11-32-36(27)3/h4-7,10-13,18-21,33H,8-9,14-15H2,1-3H3,(H,38,39)/t18-,19?,20?,21?/m1/s1. The summed E-state index contributed by atoms with van der Waals surface area (Å²) in [5.74, 6) is 0.108. The quantitative estimate of drug-likeness (QED) is 0.349. The van der Waals surface area contributed by atoms with Crippen molar-refractivity contribution in [1.82, 2.24) is 19.7 Å². The zero-order chi connectivity index (χ0) is 27.3. The molecule has 2 unspecified atom stereocenters. The van der Waals surface area contributed by atoms with Crippen molar-refractivity contribution in [3.63, 3.8) is 0 Å². The summed E-state index contributed by atoms with van der Waals surface area (Å²) in [6.07, 6.45) is 5.97. The molecule has 2 aliphatic rings. The Kier molecular flexibility index (Phi) is 6.18. The van der Waals surface area contributed by atoms with E-state index in [0.29, 0.717) is 28.6 Å². The summed E-state index contributed by atoms with van der Waals surface area (Å²) in [6, 6.07) is 15.7. The van der Waals surface area contributed by atoms with Crippen LogP contribution in [-0.4, -0.2) is 42.9 Å². The van der Waals surface area contributed by atoms with Crippen molar-refractivity contribution in [1.29, 1.82) is 5.26 Å². The maximum absolute atomic E-state index is 11.8. The van der Waals surface area contributed by atoms with Gasteiger partial charge in [0.25, 0.3) is 0 Å². The fraction of sp³-hybridized carbons (Fsp3) is 0.367. The Morgan fingerprint density at radius 2 is 1.90 bits per heavy atom. The second-order valence-electron chi connectivity index (χ2n) is 10.8. The first kappa shape index (κ1) is 24.9. The molecule has 39 heavy (non-hydrogen) atoms. The predicted octanol–water partition coefficient (Wildman–Crippen LogP) is 5.33. The fourth-order valence-electron chi connectivity index (χ4n) is 6.56. The monoisotopic (exact) mass is 521 g/mol. The molecule has 3 atom stereocenters. The molecule has 198 valence electrons. The molecule has 2 N–H and O–H groups in total. The Labute approximate surface area is 227 Å². The molecule has 4 heterocycles. The van der Waals surface area contributed by atoms with E-state index in [-0.39, 0.29) is 23.7 Å². The van der Waals surface area contributed by atoms with E-state index in [9.17, 15) is 15.2 Å². The number of aromatic carboxylic acids is 1. The highest BCUT2D eigenvalue weighted by molar-refractivity contribution is 5.94. The molecule has 0 saturated carbocycles. The number of carboxylic acids is 1. The van der Waals surface area contributed by atoms with Gasteiger partial charge in [-0.2, -0.15) is 10.4 Å². The molecule has 0 amide bonds. The maximum Gasteiger partial charge on any atom is 0.337 e. The molecule has 9 heteroatoms. The lowest BCUT2D eigenvalue weighted by Crippen LogP contribution is -2.43. The van der Waals surface area contributed by atoms with Crippen LogP contribution in [0.25, 0.3) is 11.0 Å². The summed E-state index contributed by atoms with van der Waals surface area (Å²) in [5.41, 5.74) is 5.69. The van der Waals surface area contributed by atoms with Crippen molar-refractivity contribution in [2.75, 3.05) is 10.2 Å². The van der Waals surface area contributed by atoms with Crippen LogP contribution < -0.4 is 10.2 Å². The second-order valence-corrected chi connectivity index (χ2v) is 10.8. The van der Waals surface area contributed by atoms with Gasteiger partial charge in [-0.1, -0.05) is 18.2 Å². The van der Waals surface area contributed by atoms with Crippen molar-refractivity contribution in [3.8, 4) is 6.07 Å². The zero-order valence-corrected chi connectivity index (χ0v) is 22.3. The minimum atomic E-state index is -0.981. The van der Waals surface area contributed by atoms with E-state index in [1.165, 1.54) is 5.69 Å². The Hall–Kier alpha value is -4.45. The summed E-state index contributed by atoms with van der Waals surface area (Å²) in [5, 5.41) is 27.5. The predicted molar refractivity (Wildman–Crippen MR) is 149 cm³/mol. The molecule has 0 aliphatic carbocycles. The fourth-order valence-corrected chi connectivity index (χ4v) is 6.56. The summed E-state index contributed by atoms with van der Waals surface area (Å²) in [7, 11) is 2.00. The van der Waals surface area contributed by atoms with Gasteiger partial charge in [0.2, 0.25) is 0 Å². The number of hydrogen-bond donors (Lipinski definition) is 2. The van der Waals surface area contributed by atoms with E-state index in [1.54, 1.807) is 18.2 Å². The Morgan fingerprint density at radius 3 is 2.56 bits per heavy atom. The van der Waals surface area contributed by atoms with Gasteiger partial charge in [0.1, 0.15) is 6.07 Å². The van der Waals surface area contributed by atoms with Gasteiger partial charge < -0.3 is 15.3 Å². The average Bonchev–Trinajstić information content (AvgIpc) is 3.46. The van der Waals surface area contributed by atoms with Crippen LogP contribution in [-0.2, 0) is 7.05 Å². The number of aromatic nitrogens is 4. The number of nitriles is 1. The molecular formula is C30H31N7O2. The van der Waals surface area contributed by atoms with Crippen LogP contribution in [0.5, 0.6) is 0 Å². The van der Waals surface area contributed by atoms with Crippen molar-refractivity contribution in [2.24, 2.45) is 7.05 Å². The number of hydrogen-bond acceptors (Lipinski definition) is 7. The van der Waals surface area contributed by atoms with E-state index in [1.807, 2.05) is 43.9 Å².